The van der Waals surface area contributed by atoms with Gasteiger partial charge in [0.1, 0.15) is 11.3 Å². The lowest BCUT2D eigenvalue weighted by atomic mass is 10.2. The third kappa shape index (κ3) is 3.72. The molecule has 2 N–H and O–H groups in total. The van der Waals surface area contributed by atoms with Gasteiger partial charge in [-0.15, -0.1) is 0 Å². The fourth-order valence-corrected chi connectivity index (χ4v) is 3.70. The van der Waals surface area contributed by atoms with Crippen LogP contribution >= 0.6 is 15.9 Å². The third-order valence-electron chi connectivity index (χ3n) is 4.83. The number of amides is 1. The number of benzene rings is 2. The molecule has 0 aliphatic rings. The van der Waals surface area contributed by atoms with Crippen LogP contribution in [0.4, 0.5) is 0 Å². The van der Waals surface area contributed by atoms with Gasteiger partial charge in [-0.05, 0) is 50.2 Å². The summed E-state index contributed by atoms with van der Waals surface area (Å²) < 4.78 is 9.31. The van der Waals surface area contributed by atoms with Crippen molar-refractivity contribution >= 4 is 33.0 Å². The number of carbonyl (C=O) groups is 1. The Labute approximate surface area is 186 Å². The van der Waals surface area contributed by atoms with E-state index in [9.17, 15) is 9.59 Å². The fraction of sp³-hybridized carbons (Fsp3) is 0.182. The van der Waals surface area contributed by atoms with E-state index < -0.39 is 5.91 Å². The highest BCUT2D eigenvalue weighted by atomic mass is 79.9. The van der Waals surface area contributed by atoms with Gasteiger partial charge in [0, 0.05) is 16.6 Å². The molecule has 2 aromatic heterocycles. The van der Waals surface area contributed by atoms with Crippen LogP contribution in [0.25, 0.3) is 28.2 Å². The lowest BCUT2D eigenvalue weighted by Gasteiger charge is -2.08. The number of carbonyl (C=O) groups excluding carboxylic acids is 1. The smallest absolute Gasteiger partial charge is 0.335 e. The van der Waals surface area contributed by atoms with Crippen LogP contribution in [-0.2, 0) is 6.54 Å². The molecule has 0 saturated heterocycles. The second kappa shape index (κ2) is 8.35. The molecule has 2 aromatic carbocycles. The van der Waals surface area contributed by atoms with Crippen molar-refractivity contribution in [3.8, 4) is 22.8 Å². The Morgan fingerprint density at radius 1 is 1.06 bits per heavy atom. The zero-order chi connectivity index (χ0) is 22.1. The molecule has 0 fully saturated rings. The van der Waals surface area contributed by atoms with Crippen LogP contribution in [0, 0.1) is 0 Å². The van der Waals surface area contributed by atoms with Crippen molar-refractivity contribution in [2.75, 3.05) is 6.61 Å². The molecular formula is C22H20BrN5O3. The molecule has 0 aliphatic carbocycles. The molecule has 31 heavy (non-hydrogen) atoms. The van der Waals surface area contributed by atoms with Gasteiger partial charge in [-0.2, -0.15) is 0 Å². The monoisotopic (exact) mass is 481 g/mol. The van der Waals surface area contributed by atoms with Crippen molar-refractivity contribution in [1.82, 2.24) is 19.1 Å². The minimum atomic E-state index is -0.725. The number of fused-ring (bicyclic) bond motifs is 1. The summed E-state index contributed by atoms with van der Waals surface area (Å²) in [5.74, 6) is 0.278. The second-order valence-corrected chi connectivity index (χ2v) is 7.64. The van der Waals surface area contributed by atoms with Crippen LogP contribution in [0.1, 0.15) is 24.3 Å². The van der Waals surface area contributed by atoms with E-state index in [0.717, 1.165) is 4.47 Å². The number of ether oxygens (including phenoxy) is 1. The Morgan fingerprint density at radius 3 is 2.32 bits per heavy atom. The number of hydrogen-bond acceptors (Lipinski definition) is 5. The zero-order valence-electron chi connectivity index (χ0n) is 17.0. The summed E-state index contributed by atoms with van der Waals surface area (Å²) in [7, 11) is 0. The van der Waals surface area contributed by atoms with Gasteiger partial charge in [0.25, 0.3) is 5.91 Å². The fourth-order valence-electron chi connectivity index (χ4n) is 3.44. The number of hydrogen-bond donors (Lipinski definition) is 1. The van der Waals surface area contributed by atoms with E-state index in [1.54, 1.807) is 24.3 Å². The molecule has 1 amide bonds. The van der Waals surface area contributed by atoms with Crippen LogP contribution in [0.15, 0.2) is 57.8 Å². The van der Waals surface area contributed by atoms with Crippen LogP contribution in [-0.4, -0.2) is 31.6 Å². The van der Waals surface area contributed by atoms with Gasteiger partial charge in [-0.3, -0.25) is 9.36 Å². The average Bonchev–Trinajstić information content (AvgIpc) is 3.05. The molecule has 9 heteroatoms. The van der Waals surface area contributed by atoms with Crippen molar-refractivity contribution in [2.45, 2.75) is 20.4 Å². The van der Waals surface area contributed by atoms with Crippen molar-refractivity contribution in [1.29, 1.82) is 0 Å². The van der Waals surface area contributed by atoms with Gasteiger partial charge in [0.2, 0.25) is 0 Å². The maximum Gasteiger partial charge on any atom is 0.335 e. The number of aromatic nitrogens is 4. The SMILES string of the molecule is CCOc1ccc(-n2c(=O)n(CC)c3c(C(N)=O)nc(-c4ccc(Br)cc4)nc32)cc1. The lowest BCUT2D eigenvalue weighted by molar-refractivity contribution is 0.0997. The third-order valence-corrected chi connectivity index (χ3v) is 5.36. The molecule has 4 rings (SSSR count). The first-order chi connectivity index (χ1) is 14.9. The van der Waals surface area contributed by atoms with Gasteiger partial charge < -0.3 is 10.5 Å². The van der Waals surface area contributed by atoms with E-state index in [4.69, 9.17) is 10.5 Å². The number of rotatable bonds is 6. The number of aryl methyl sites for hydroxylation is 1. The topological polar surface area (TPSA) is 105 Å². The molecule has 0 bridgehead atoms. The molecule has 0 spiro atoms. The van der Waals surface area contributed by atoms with Crippen LogP contribution in [0.5, 0.6) is 5.75 Å². The average molecular weight is 482 g/mol. The summed E-state index contributed by atoms with van der Waals surface area (Å²) in [6, 6.07) is 14.5. The molecule has 0 atom stereocenters. The first kappa shape index (κ1) is 20.8. The summed E-state index contributed by atoms with van der Waals surface area (Å²) in [6.45, 7) is 4.59. The first-order valence-electron chi connectivity index (χ1n) is 9.76. The number of halogens is 1. The Kier molecular flexibility index (Phi) is 5.60. The lowest BCUT2D eigenvalue weighted by Crippen LogP contribution is -2.23. The summed E-state index contributed by atoms with van der Waals surface area (Å²) >= 11 is 3.40. The van der Waals surface area contributed by atoms with Crippen LogP contribution in [0.3, 0.4) is 0 Å². The van der Waals surface area contributed by atoms with Gasteiger partial charge in [-0.25, -0.2) is 19.3 Å². The molecule has 0 aliphatic heterocycles. The van der Waals surface area contributed by atoms with E-state index in [1.165, 1.54) is 9.13 Å². The van der Waals surface area contributed by atoms with E-state index in [2.05, 4.69) is 25.9 Å². The van der Waals surface area contributed by atoms with Crippen molar-refractivity contribution in [2.24, 2.45) is 5.73 Å². The van der Waals surface area contributed by atoms with Gasteiger partial charge >= 0.3 is 5.69 Å². The van der Waals surface area contributed by atoms with Crippen LogP contribution < -0.4 is 16.2 Å². The number of nitrogens with zero attached hydrogens (tertiary/aromatic N) is 4. The largest absolute Gasteiger partial charge is 0.494 e. The maximum atomic E-state index is 13.3. The molecule has 2 heterocycles. The number of nitrogens with two attached hydrogens (primary N) is 1. The normalized spacial score (nSPS) is 11.1. The van der Waals surface area contributed by atoms with Gasteiger partial charge in [0.05, 0.1) is 12.3 Å². The molecule has 4 aromatic rings. The van der Waals surface area contributed by atoms with E-state index >= 15 is 0 Å². The molecule has 8 nitrogen and oxygen atoms in total. The minimum absolute atomic E-state index is 0.00607. The van der Waals surface area contributed by atoms with E-state index in [1.807, 2.05) is 38.1 Å². The minimum Gasteiger partial charge on any atom is -0.494 e. The molecule has 0 saturated carbocycles. The number of imidazole rings is 1. The number of primary amides is 1. The highest BCUT2D eigenvalue weighted by molar-refractivity contribution is 9.10. The highest BCUT2D eigenvalue weighted by Crippen LogP contribution is 2.25. The second-order valence-electron chi connectivity index (χ2n) is 6.73. The maximum absolute atomic E-state index is 13.3. The van der Waals surface area contributed by atoms with Crippen LogP contribution in [0.2, 0.25) is 0 Å². The Balaban J connectivity index is 2.03. The molecule has 158 valence electrons. The Hall–Kier alpha value is -3.46. The molecular weight excluding hydrogens is 462 g/mol. The summed E-state index contributed by atoms with van der Waals surface area (Å²) in [6.07, 6.45) is 0. The Bertz CT molecular complexity index is 1320. The predicted molar refractivity (Wildman–Crippen MR) is 122 cm³/mol. The standard InChI is InChI=1S/C22H20BrN5O3/c1-3-27-18-17(19(24)29)25-20(13-5-7-14(23)8-6-13)26-21(18)28(22(27)30)15-9-11-16(12-10-15)31-4-2/h5-12H,3-4H2,1-2H3,(H2,24,29). The van der Waals surface area contributed by atoms with E-state index in [-0.39, 0.29) is 11.4 Å². The molecule has 0 unspecified atom stereocenters. The van der Waals surface area contributed by atoms with Crippen molar-refractivity contribution < 1.29 is 9.53 Å². The summed E-state index contributed by atoms with van der Waals surface area (Å²) in [5.41, 5.74) is 7.25. The Morgan fingerprint density at radius 2 is 1.74 bits per heavy atom. The summed E-state index contributed by atoms with van der Waals surface area (Å²) in [5, 5.41) is 0. The first-order valence-corrected chi connectivity index (χ1v) is 10.6. The predicted octanol–water partition coefficient (Wildman–Crippen LogP) is 3.53. The summed E-state index contributed by atoms with van der Waals surface area (Å²) in [4.78, 5) is 34.6. The molecule has 0 radical (unpaired) electrons. The van der Waals surface area contributed by atoms with E-state index in [0.29, 0.717) is 47.1 Å². The van der Waals surface area contributed by atoms with Crippen molar-refractivity contribution in [3.63, 3.8) is 0 Å². The van der Waals surface area contributed by atoms with Gasteiger partial charge in [0.15, 0.2) is 17.2 Å². The highest BCUT2D eigenvalue weighted by Gasteiger charge is 2.23. The van der Waals surface area contributed by atoms with Gasteiger partial charge in [-0.1, -0.05) is 28.1 Å². The zero-order valence-corrected chi connectivity index (χ0v) is 18.6. The quantitative estimate of drug-likeness (QED) is 0.453. The van der Waals surface area contributed by atoms with Crippen molar-refractivity contribution in [3.05, 3.63) is 69.2 Å².